The highest BCUT2D eigenvalue weighted by atomic mass is 19.4. The van der Waals surface area contributed by atoms with Crippen LogP contribution in [-0.4, -0.2) is 29.4 Å². The fourth-order valence-electron chi connectivity index (χ4n) is 3.47. The Morgan fingerprint density at radius 1 is 1.35 bits per heavy atom. The van der Waals surface area contributed by atoms with Crippen molar-refractivity contribution < 1.29 is 18.0 Å². The second-order valence-corrected chi connectivity index (χ2v) is 6.02. The lowest BCUT2D eigenvalue weighted by molar-refractivity contribution is -0.141. The smallest absolute Gasteiger partial charge is 0.344 e. The molecule has 1 aliphatic carbocycles. The summed E-state index contributed by atoms with van der Waals surface area (Å²) in [7, 11) is 0. The van der Waals surface area contributed by atoms with Crippen molar-refractivity contribution in [2.24, 2.45) is 11.3 Å². The molecule has 2 aliphatic rings. The van der Waals surface area contributed by atoms with Crippen molar-refractivity contribution >= 4 is 6.41 Å². The molecule has 6 heteroatoms. The second kappa shape index (κ2) is 4.46. The maximum atomic E-state index is 12.4. The third-order valence-electron chi connectivity index (χ3n) is 4.32. The minimum Gasteiger partial charge on any atom is -0.344 e. The van der Waals surface area contributed by atoms with Gasteiger partial charge in [0.15, 0.2) is 0 Å². The highest BCUT2D eigenvalue weighted by molar-refractivity contribution is 5.49. The summed E-state index contributed by atoms with van der Waals surface area (Å²) in [5.41, 5.74) is 0.300. The SMILES string of the molecule is O=CN1CC2(CC(Cc3ccc(C(F)(F)F)cn3)C2)C1. The first kappa shape index (κ1) is 13.4. The number of nitrogens with zero attached hydrogens (tertiary/aromatic N) is 2. The quantitative estimate of drug-likeness (QED) is 0.799. The number of pyridine rings is 1. The number of aromatic nitrogens is 1. The molecule has 2 heterocycles. The van der Waals surface area contributed by atoms with Crippen LogP contribution in [0.4, 0.5) is 13.2 Å². The van der Waals surface area contributed by atoms with E-state index in [1.54, 1.807) is 4.90 Å². The normalized spacial score (nSPS) is 21.4. The lowest BCUT2D eigenvalue weighted by Crippen LogP contribution is -2.61. The maximum Gasteiger partial charge on any atom is 0.417 e. The zero-order valence-corrected chi connectivity index (χ0v) is 10.9. The number of halogens is 3. The fourth-order valence-corrected chi connectivity index (χ4v) is 3.47. The number of amides is 1. The van der Waals surface area contributed by atoms with Gasteiger partial charge in [0.05, 0.1) is 5.56 Å². The van der Waals surface area contributed by atoms with Gasteiger partial charge in [-0.25, -0.2) is 0 Å². The van der Waals surface area contributed by atoms with Crippen LogP contribution in [0, 0.1) is 11.3 Å². The molecule has 0 bridgehead atoms. The van der Waals surface area contributed by atoms with Crippen molar-refractivity contribution in [2.45, 2.75) is 25.4 Å². The van der Waals surface area contributed by atoms with Crippen LogP contribution in [0.5, 0.6) is 0 Å². The molecule has 1 aromatic rings. The van der Waals surface area contributed by atoms with Crippen LogP contribution in [0.1, 0.15) is 24.1 Å². The molecule has 0 radical (unpaired) electrons. The molecule has 0 unspecified atom stereocenters. The van der Waals surface area contributed by atoms with Gasteiger partial charge in [-0.3, -0.25) is 9.78 Å². The van der Waals surface area contributed by atoms with Gasteiger partial charge >= 0.3 is 6.18 Å². The zero-order chi connectivity index (χ0) is 14.4. The van der Waals surface area contributed by atoms with Crippen LogP contribution in [0.25, 0.3) is 0 Å². The van der Waals surface area contributed by atoms with Gasteiger partial charge in [-0.15, -0.1) is 0 Å². The number of carbonyl (C=O) groups excluding carboxylic acids is 1. The van der Waals surface area contributed by atoms with Crippen molar-refractivity contribution in [3.8, 4) is 0 Å². The first-order valence-corrected chi connectivity index (χ1v) is 6.62. The largest absolute Gasteiger partial charge is 0.417 e. The summed E-state index contributed by atoms with van der Waals surface area (Å²) in [6, 6.07) is 2.56. The van der Waals surface area contributed by atoms with Gasteiger partial charge in [-0.2, -0.15) is 13.2 Å². The topological polar surface area (TPSA) is 33.2 Å². The highest BCUT2D eigenvalue weighted by Crippen LogP contribution is 2.52. The van der Waals surface area contributed by atoms with Crippen molar-refractivity contribution in [1.82, 2.24) is 9.88 Å². The van der Waals surface area contributed by atoms with Crippen LogP contribution in [0.3, 0.4) is 0 Å². The Bertz CT molecular complexity index is 498. The van der Waals surface area contributed by atoms with Crippen LogP contribution in [0.2, 0.25) is 0 Å². The molecule has 1 spiro atoms. The molecule has 0 N–H and O–H groups in total. The molecule has 1 aromatic heterocycles. The maximum absolute atomic E-state index is 12.4. The standard InChI is InChI=1S/C14H15F3N2O/c15-14(16,17)11-1-2-12(18-6-11)3-10-4-13(5-10)7-19(8-13)9-20/h1-2,6,9-10H,3-5,7-8H2. The molecular formula is C14H15F3N2O. The number of carbonyl (C=O) groups is 1. The average Bonchev–Trinajstić information content (AvgIpc) is 2.30. The van der Waals surface area contributed by atoms with E-state index in [-0.39, 0.29) is 5.41 Å². The van der Waals surface area contributed by atoms with E-state index >= 15 is 0 Å². The van der Waals surface area contributed by atoms with E-state index in [2.05, 4.69) is 4.98 Å². The fraction of sp³-hybridized carbons (Fsp3) is 0.571. The molecule has 1 amide bonds. The lowest BCUT2D eigenvalue weighted by Gasteiger charge is -2.58. The number of likely N-dealkylation sites (tertiary alicyclic amines) is 1. The van der Waals surface area contributed by atoms with Crippen molar-refractivity contribution in [1.29, 1.82) is 0 Å². The third kappa shape index (κ3) is 2.39. The molecule has 3 rings (SSSR count). The van der Waals surface area contributed by atoms with Gasteiger partial charge < -0.3 is 4.90 Å². The summed E-state index contributed by atoms with van der Waals surface area (Å²) in [5, 5.41) is 0. The molecule has 1 saturated carbocycles. The summed E-state index contributed by atoms with van der Waals surface area (Å²) < 4.78 is 37.2. The van der Waals surface area contributed by atoms with Crippen molar-refractivity contribution in [2.75, 3.05) is 13.1 Å². The Hall–Kier alpha value is -1.59. The number of hydrogen-bond acceptors (Lipinski definition) is 2. The Morgan fingerprint density at radius 3 is 2.55 bits per heavy atom. The predicted molar refractivity (Wildman–Crippen MR) is 65.7 cm³/mol. The predicted octanol–water partition coefficient (Wildman–Crippen LogP) is 2.51. The third-order valence-corrected chi connectivity index (χ3v) is 4.32. The number of alkyl halides is 3. The van der Waals surface area contributed by atoms with Gasteiger partial charge in [-0.1, -0.05) is 0 Å². The van der Waals surface area contributed by atoms with Crippen molar-refractivity contribution in [3.05, 3.63) is 29.6 Å². The van der Waals surface area contributed by atoms with E-state index in [4.69, 9.17) is 0 Å². The van der Waals surface area contributed by atoms with E-state index in [1.165, 1.54) is 6.07 Å². The van der Waals surface area contributed by atoms with Gasteiger partial charge in [0, 0.05) is 30.4 Å². The highest BCUT2D eigenvalue weighted by Gasteiger charge is 2.51. The van der Waals surface area contributed by atoms with Gasteiger partial charge in [0.2, 0.25) is 6.41 Å². The molecule has 1 aliphatic heterocycles. The van der Waals surface area contributed by atoms with Crippen LogP contribution < -0.4 is 0 Å². The average molecular weight is 284 g/mol. The molecule has 0 aromatic carbocycles. The summed E-state index contributed by atoms with van der Waals surface area (Å²) in [6.07, 6.45) is 0.259. The van der Waals surface area contributed by atoms with E-state index in [9.17, 15) is 18.0 Å². The lowest BCUT2D eigenvalue weighted by atomic mass is 9.57. The summed E-state index contributed by atoms with van der Waals surface area (Å²) in [4.78, 5) is 16.2. The first-order chi connectivity index (χ1) is 9.40. The molecule has 0 atom stereocenters. The van der Waals surface area contributed by atoms with E-state index in [1.807, 2.05) is 0 Å². The van der Waals surface area contributed by atoms with E-state index in [0.29, 0.717) is 11.6 Å². The minimum atomic E-state index is -4.32. The molecule has 1 saturated heterocycles. The van der Waals surface area contributed by atoms with Crippen molar-refractivity contribution in [3.63, 3.8) is 0 Å². The van der Waals surface area contributed by atoms with Crippen LogP contribution >= 0.6 is 0 Å². The van der Waals surface area contributed by atoms with Gasteiger partial charge in [0.1, 0.15) is 0 Å². The number of hydrogen-bond donors (Lipinski definition) is 0. The Kier molecular flexibility index (Phi) is 2.99. The molecule has 3 nitrogen and oxygen atoms in total. The first-order valence-electron chi connectivity index (χ1n) is 6.62. The molecule has 20 heavy (non-hydrogen) atoms. The summed E-state index contributed by atoms with van der Waals surface area (Å²) in [5.74, 6) is 0.480. The second-order valence-electron chi connectivity index (χ2n) is 6.02. The van der Waals surface area contributed by atoms with Crippen LogP contribution in [0.15, 0.2) is 18.3 Å². The Morgan fingerprint density at radius 2 is 2.05 bits per heavy atom. The van der Waals surface area contributed by atoms with Gasteiger partial charge in [-0.05, 0) is 37.3 Å². The van der Waals surface area contributed by atoms with Gasteiger partial charge in [0.25, 0.3) is 0 Å². The monoisotopic (exact) mass is 284 g/mol. The summed E-state index contributed by atoms with van der Waals surface area (Å²) >= 11 is 0. The minimum absolute atomic E-state index is 0.289. The molecule has 108 valence electrons. The van der Waals surface area contributed by atoms with E-state index < -0.39 is 11.7 Å². The Balaban J connectivity index is 1.52. The zero-order valence-electron chi connectivity index (χ0n) is 10.9. The summed E-state index contributed by atoms with van der Waals surface area (Å²) in [6.45, 7) is 1.65. The van der Waals surface area contributed by atoms with E-state index in [0.717, 1.165) is 51.0 Å². The number of rotatable bonds is 3. The Labute approximate surface area is 114 Å². The molecule has 2 fully saturated rings. The molecular weight excluding hydrogens is 269 g/mol. The van der Waals surface area contributed by atoms with Crippen LogP contribution in [-0.2, 0) is 17.4 Å².